The second kappa shape index (κ2) is 6.72. The second-order valence-electron chi connectivity index (χ2n) is 5.94. The van der Waals surface area contributed by atoms with E-state index in [0.29, 0.717) is 24.5 Å². The highest BCUT2D eigenvalue weighted by molar-refractivity contribution is 9.10. The van der Waals surface area contributed by atoms with Crippen LogP contribution in [-0.2, 0) is 4.74 Å². The number of carbonyl (C=O) groups excluding carboxylic acids is 1. The molecular weight excluding hydrogens is 344 g/mol. The lowest BCUT2D eigenvalue weighted by Gasteiger charge is -2.48. The molecule has 1 N–H and O–H groups in total. The van der Waals surface area contributed by atoms with Crippen LogP contribution in [0.3, 0.4) is 0 Å². The second-order valence-corrected chi connectivity index (χ2v) is 6.85. The van der Waals surface area contributed by atoms with Gasteiger partial charge in [-0.15, -0.1) is 12.3 Å². The van der Waals surface area contributed by atoms with Crippen LogP contribution in [0.1, 0.15) is 12.8 Å². The summed E-state index contributed by atoms with van der Waals surface area (Å²) in [4.78, 5) is 14.2. The van der Waals surface area contributed by atoms with Crippen molar-refractivity contribution < 1.29 is 9.53 Å². The van der Waals surface area contributed by atoms with Gasteiger partial charge in [0.2, 0.25) is 0 Å². The van der Waals surface area contributed by atoms with E-state index in [0.717, 1.165) is 36.1 Å². The Kier molecular flexibility index (Phi) is 4.70. The van der Waals surface area contributed by atoms with Crippen molar-refractivity contribution in [2.45, 2.75) is 18.9 Å². The zero-order valence-electron chi connectivity index (χ0n) is 12.3. The number of hydrogen-bond donors (Lipinski definition) is 1. The van der Waals surface area contributed by atoms with Crippen molar-refractivity contribution in [3.05, 3.63) is 28.7 Å². The molecule has 3 fully saturated rings. The lowest BCUT2D eigenvalue weighted by Crippen LogP contribution is -2.54. The molecule has 0 aliphatic carbocycles. The number of terminal acetylenes is 1. The van der Waals surface area contributed by atoms with Gasteiger partial charge in [0.05, 0.1) is 0 Å². The smallest absolute Gasteiger partial charge is 0.411 e. The highest BCUT2D eigenvalue weighted by atomic mass is 79.9. The summed E-state index contributed by atoms with van der Waals surface area (Å²) < 4.78 is 6.35. The quantitative estimate of drug-likeness (QED) is 0.838. The van der Waals surface area contributed by atoms with Gasteiger partial charge in [0.15, 0.2) is 0 Å². The molecule has 4 unspecified atom stereocenters. The normalized spacial score (nSPS) is 29.6. The van der Waals surface area contributed by atoms with E-state index in [4.69, 9.17) is 11.2 Å². The van der Waals surface area contributed by atoms with Gasteiger partial charge < -0.3 is 4.74 Å². The summed E-state index contributed by atoms with van der Waals surface area (Å²) in [6.45, 7) is 2.42. The van der Waals surface area contributed by atoms with Crippen LogP contribution in [0.15, 0.2) is 28.7 Å². The molecule has 22 heavy (non-hydrogen) atoms. The average molecular weight is 363 g/mol. The molecule has 1 aromatic carbocycles. The van der Waals surface area contributed by atoms with Crippen molar-refractivity contribution in [1.29, 1.82) is 0 Å². The summed E-state index contributed by atoms with van der Waals surface area (Å²) in [5, 5.41) is 2.74. The highest BCUT2D eigenvalue weighted by Gasteiger charge is 2.39. The first-order valence-electron chi connectivity index (χ1n) is 7.55. The lowest BCUT2D eigenvalue weighted by atomic mass is 9.76. The Balaban J connectivity index is 1.48. The van der Waals surface area contributed by atoms with Crippen molar-refractivity contribution in [3.63, 3.8) is 0 Å². The zero-order valence-corrected chi connectivity index (χ0v) is 13.9. The Morgan fingerprint density at radius 1 is 1.45 bits per heavy atom. The van der Waals surface area contributed by atoms with Crippen molar-refractivity contribution in [1.82, 2.24) is 4.90 Å². The number of nitrogens with zero attached hydrogens (tertiary/aromatic N) is 1. The summed E-state index contributed by atoms with van der Waals surface area (Å²) in [5.74, 6) is 3.84. The minimum Gasteiger partial charge on any atom is -0.448 e. The minimum atomic E-state index is -0.404. The predicted octanol–water partition coefficient (Wildman–Crippen LogP) is 3.34. The monoisotopic (exact) mass is 362 g/mol. The van der Waals surface area contributed by atoms with Crippen LogP contribution in [0.2, 0.25) is 0 Å². The maximum absolute atomic E-state index is 11.9. The van der Waals surface area contributed by atoms with E-state index in [-0.39, 0.29) is 0 Å². The summed E-state index contributed by atoms with van der Waals surface area (Å²) in [5.41, 5.74) is 0.728. The number of halogens is 1. The first-order valence-corrected chi connectivity index (χ1v) is 8.34. The number of piperidine rings is 3. The molecular formula is C17H19BrN2O2. The number of hydrogen-bond acceptors (Lipinski definition) is 3. The number of benzene rings is 1. The summed E-state index contributed by atoms with van der Waals surface area (Å²) in [6.07, 6.45) is 7.37. The number of anilines is 1. The van der Waals surface area contributed by atoms with Gasteiger partial charge in [0.25, 0.3) is 0 Å². The number of fused-ring (bicyclic) bond motifs is 3. The Bertz CT molecular complexity index is 581. The largest absolute Gasteiger partial charge is 0.448 e. The Morgan fingerprint density at radius 3 is 2.86 bits per heavy atom. The number of amides is 1. The van der Waals surface area contributed by atoms with Crippen LogP contribution in [-0.4, -0.2) is 36.7 Å². The number of rotatable bonds is 3. The Hall–Kier alpha value is -1.51. The van der Waals surface area contributed by atoms with E-state index in [1.54, 1.807) is 0 Å². The molecule has 3 saturated heterocycles. The lowest BCUT2D eigenvalue weighted by molar-refractivity contribution is -0.00665. The van der Waals surface area contributed by atoms with Crippen LogP contribution < -0.4 is 5.32 Å². The first-order chi connectivity index (χ1) is 10.7. The Morgan fingerprint density at radius 2 is 2.23 bits per heavy atom. The topological polar surface area (TPSA) is 41.6 Å². The maximum Gasteiger partial charge on any atom is 0.411 e. The summed E-state index contributed by atoms with van der Waals surface area (Å²) in [6, 6.07) is 7.71. The summed E-state index contributed by atoms with van der Waals surface area (Å²) in [7, 11) is 0. The van der Waals surface area contributed by atoms with E-state index >= 15 is 0 Å². The van der Waals surface area contributed by atoms with Crippen molar-refractivity contribution >= 4 is 27.7 Å². The van der Waals surface area contributed by atoms with E-state index in [2.05, 4.69) is 32.1 Å². The molecule has 3 heterocycles. The fourth-order valence-electron chi connectivity index (χ4n) is 3.36. The predicted molar refractivity (Wildman–Crippen MR) is 89.5 cm³/mol. The van der Waals surface area contributed by atoms with Gasteiger partial charge in [-0.2, -0.15) is 0 Å². The van der Waals surface area contributed by atoms with Crippen molar-refractivity contribution in [2.24, 2.45) is 11.8 Å². The van der Waals surface area contributed by atoms with Gasteiger partial charge in [-0.1, -0.05) is 15.9 Å². The van der Waals surface area contributed by atoms with E-state index < -0.39 is 6.09 Å². The molecule has 1 amide bonds. The molecule has 3 aliphatic heterocycles. The van der Waals surface area contributed by atoms with Crippen LogP contribution in [0.25, 0.3) is 0 Å². The number of ether oxygens (including phenoxy) is 1. The maximum atomic E-state index is 11.9. The highest BCUT2D eigenvalue weighted by Crippen LogP contribution is 2.35. The molecule has 0 saturated carbocycles. The van der Waals surface area contributed by atoms with Gasteiger partial charge in [-0.3, -0.25) is 10.2 Å². The van der Waals surface area contributed by atoms with Gasteiger partial charge >= 0.3 is 6.09 Å². The van der Waals surface area contributed by atoms with Gasteiger partial charge in [0.1, 0.15) is 6.61 Å². The van der Waals surface area contributed by atoms with Gasteiger partial charge in [-0.05, 0) is 49.6 Å². The van der Waals surface area contributed by atoms with Crippen molar-refractivity contribution in [2.75, 3.05) is 25.0 Å². The molecule has 0 spiro atoms. The van der Waals surface area contributed by atoms with E-state index in [9.17, 15) is 4.79 Å². The molecule has 4 nitrogen and oxygen atoms in total. The number of nitrogens with one attached hydrogen (secondary N) is 1. The molecule has 2 bridgehead atoms. The van der Waals surface area contributed by atoms with E-state index in [1.807, 2.05) is 24.3 Å². The molecule has 1 aromatic rings. The minimum absolute atomic E-state index is 0.305. The van der Waals surface area contributed by atoms with Crippen LogP contribution in [0.5, 0.6) is 0 Å². The van der Waals surface area contributed by atoms with Crippen LogP contribution in [0.4, 0.5) is 10.5 Å². The first kappa shape index (κ1) is 15.4. The molecule has 0 aromatic heterocycles. The zero-order chi connectivity index (χ0) is 15.5. The fourth-order valence-corrected chi connectivity index (χ4v) is 3.62. The van der Waals surface area contributed by atoms with Crippen molar-refractivity contribution in [3.8, 4) is 12.3 Å². The van der Waals surface area contributed by atoms with E-state index in [1.165, 1.54) is 0 Å². The molecule has 3 aliphatic rings. The molecule has 5 heteroatoms. The molecule has 4 rings (SSSR count). The third kappa shape index (κ3) is 3.45. The fraction of sp³-hybridized carbons (Fsp3) is 0.471. The van der Waals surface area contributed by atoms with Gasteiger partial charge in [0, 0.05) is 28.7 Å². The van der Waals surface area contributed by atoms with Gasteiger partial charge in [-0.25, -0.2) is 4.79 Å². The summed E-state index contributed by atoms with van der Waals surface area (Å²) >= 11 is 3.36. The van der Waals surface area contributed by atoms with Crippen LogP contribution in [0, 0.1) is 24.2 Å². The van der Waals surface area contributed by atoms with Crippen LogP contribution >= 0.6 is 15.9 Å². The standard InChI is InChI=1S/C17H19BrN2O2/c1-2-12-10-20-8-7-13(12)9-16(20)11-22-17(21)19-15-5-3-14(18)4-6-15/h1,3-6,12-13,16H,7-11H2,(H,19,21). The molecule has 0 radical (unpaired) electrons. The third-order valence-electron chi connectivity index (χ3n) is 4.59. The number of carbonyl (C=O) groups is 1. The SMILES string of the molecule is C#CC1CN2CCC1CC2COC(=O)Nc1ccc(Br)cc1. The average Bonchev–Trinajstić information content (AvgIpc) is 2.55. The third-order valence-corrected chi connectivity index (χ3v) is 5.12. The molecule has 4 atom stereocenters. The Labute approximate surface area is 139 Å². The molecule has 116 valence electrons.